The van der Waals surface area contributed by atoms with Crippen molar-refractivity contribution in [2.45, 2.75) is 44.8 Å². The molecule has 2 aliphatic heterocycles. The van der Waals surface area contributed by atoms with Crippen molar-refractivity contribution in [3.05, 3.63) is 35.6 Å². The van der Waals surface area contributed by atoms with E-state index < -0.39 is 0 Å². The van der Waals surface area contributed by atoms with E-state index >= 15 is 0 Å². The maximum absolute atomic E-state index is 13.9. The van der Waals surface area contributed by atoms with Gasteiger partial charge in [-0.15, -0.1) is 0 Å². The number of hydrogen-bond acceptors (Lipinski definition) is 4. The van der Waals surface area contributed by atoms with E-state index in [2.05, 4.69) is 4.90 Å². The van der Waals surface area contributed by atoms with Crippen LogP contribution in [0.4, 0.5) is 4.39 Å². The van der Waals surface area contributed by atoms with E-state index in [9.17, 15) is 9.18 Å². The summed E-state index contributed by atoms with van der Waals surface area (Å²) < 4.78 is 24.7. The van der Waals surface area contributed by atoms with Gasteiger partial charge < -0.3 is 14.4 Å². The van der Waals surface area contributed by atoms with Crippen molar-refractivity contribution in [1.82, 2.24) is 9.80 Å². The molecule has 2 fully saturated rings. The molecule has 28 heavy (non-hydrogen) atoms. The number of rotatable bonds is 9. The van der Waals surface area contributed by atoms with Crippen molar-refractivity contribution in [2.75, 3.05) is 46.5 Å². The first kappa shape index (κ1) is 21.2. The average molecular weight is 393 g/mol. The molecule has 1 aromatic carbocycles. The van der Waals surface area contributed by atoms with E-state index in [4.69, 9.17) is 9.47 Å². The summed E-state index contributed by atoms with van der Waals surface area (Å²) >= 11 is 0. The first-order valence-electron chi connectivity index (χ1n) is 10.5. The van der Waals surface area contributed by atoms with Gasteiger partial charge in [-0.1, -0.05) is 18.2 Å². The zero-order valence-corrected chi connectivity index (χ0v) is 16.9. The lowest BCUT2D eigenvalue weighted by Gasteiger charge is -2.35. The third kappa shape index (κ3) is 6.26. The SMILES string of the molecule is COCCC(=O)N(CC1CCN(Cc2ccccc2F)CC1)CC1CCCO1. The number of hydrogen-bond donors (Lipinski definition) is 0. The number of amides is 1. The molecule has 3 rings (SSSR count). The first-order chi connectivity index (χ1) is 13.7. The molecule has 5 nitrogen and oxygen atoms in total. The molecule has 1 unspecified atom stereocenters. The molecule has 0 spiro atoms. The second-order valence-corrected chi connectivity index (χ2v) is 7.99. The Morgan fingerprint density at radius 2 is 2.04 bits per heavy atom. The largest absolute Gasteiger partial charge is 0.384 e. The van der Waals surface area contributed by atoms with Crippen molar-refractivity contribution in [3.8, 4) is 0 Å². The van der Waals surface area contributed by atoms with Crippen molar-refractivity contribution in [1.29, 1.82) is 0 Å². The minimum absolute atomic E-state index is 0.129. The molecule has 0 bridgehead atoms. The zero-order chi connectivity index (χ0) is 19.8. The maximum Gasteiger partial charge on any atom is 0.224 e. The van der Waals surface area contributed by atoms with E-state index in [1.807, 2.05) is 17.0 Å². The predicted octanol–water partition coefficient (Wildman–Crippen LogP) is 3.08. The van der Waals surface area contributed by atoms with Crippen LogP contribution in [-0.2, 0) is 20.8 Å². The van der Waals surface area contributed by atoms with E-state index in [0.29, 0.717) is 32.0 Å². The van der Waals surface area contributed by atoms with Gasteiger partial charge in [0.2, 0.25) is 5.91 Å². The highest BCUT2D eigenvalue weighted by molar-refractivity contribution is 5.76. The predicted molar refractivity (Wildman–Crippen MR) is 106 cm³/mol. The summed E-state index contributed by atoms with van der Waals surface area (Å²) in [6.07, 6.45) is 4.79. The minimum Gasteiger partial charge on any atom is -0.384 e. The quantitative estimate of drug-likeness (QED) is 0.648. The summed E-state index contributed by atoms with van der Waals surface area (Å²) in [5, 5.41) is 0. The lowest BCUT2D eigenvalue weighted by molar-refractivity contribution is -0.134. The van der Waals surface area contributed by atoms with Gasteiger partial charge in [-0.3, -0.25) is 9.69 Å². The molecule has 2 aliphatic rings. The van der Waals surface area contributed by atoms with Crippen LogP contribution in [0.1, 0.15) is 37.7 Å². The molecule has 1 amide bonds. The second-order valence-electron chi connectivity index (χ2n) is 7.99. The van der Waals surface area contributed by atoms with Crippen LogP contribution in [0, 0.1) is 11.7 Å². The number of benzene rings is 1. The highest BCUT2D eigenvalue weighted by Crippen LogP contribution is 2.22. The first-order valence-corrected chi connectivity index (χ1v) is 10.5. The zero-order valence-electron chi connectivity index (χ0n) is 16.9. The number of ether oxygens (including phenoxy) is 2. The molecule has 1 aromatic rings. The van der Waals surface area contributed by atoms with Crippen LogP contribution in [0.25, 0.3) is 0 Å². The van der Waals surface area contributed by atoms with Crippen LogP contribution in [0.2, 0.25) is 0 Å². The van der Waals surface area contributed by atoms with Gasteiger partial charge in [0, 0.05) is 38.9 Å². The van der Waals surface area contributed by atoms with Crippen molar-refractivity contribution >= 4 is 5.91 Å². The summed E-state index contributed by atoms with van der Waals surface area (Å²) in [6.45, 7) is 5.29. The number of carbonyl (C=O) groups is 1. The fourth-order valence-corrected chi connectivity index (χ4v) is 4.17. The fraction of sp³-hybridized carbons (Fsp3) is 0.682. The average Bonchev–Trinajstić information content (AvgIpc) is 3.22. The van der Waals surface area contributed by atoms with Crippen LogP contribution in [0.3, 0.4) is 0 Å². The topological polar surface area (TPSA) is 42.0 Å². The number of nitrogens with zero attached hydrogens (tertiary/aromatic N) is 2. The summed E-state index contributed by atoms with van der Waals surface area (Å²) in [5.74, 6) is 0.520. The second kappa shape index (κ2) is 10.9. The number of carbonyl (C=O) groups excluding carboxylic acids is 1. The fourth-order valence-electron chi connectivity index (χ4n) is 4.17. The molecule has 2 heterocycles. The third-order valence-electron chi connectivity index (χ3n) is 5.86. The van der Waals surface area contributed by atoms with Gasteiger partial charge in [0.05, 0.1) is 19.1 Å². The third-order valence-corrected chi connectivity index (χ3v) is 5.86. The molecular formula is C22H33FN2O3. The Morgan fingerprint density at radius 1 is 1.25 bits per heavy atom. The highest BCUT2D eigenvalue weighted by Gasteiger charge is 2.27. The Bertz CT molecular complexity index is 614. The van der Waals surface area contributed by atoms with Crippen LogP contribution >= 0.6 is 0 Å². The van der Waals surface area contributed by atoms with Gasteiger partial charge in [-0.2, -0.15) is 0 Å². The molecule has 0 N–H and O–H groups in total. The minimum atomic E-state index is -0.129. The standard InChI is InChI=1S/C22H33FN2O3/c1-27-14-10-22(26)25(17-20-6-4-13-28-20)15-18-8-11-24(12-9-18)16-19-5-2-3-7-21(19)23/h2-3,5,7,18,20H,4,6,8-17H2,1H3. The summed E-state index contributed by atoms with van der Waals surface area (Å²) in [4.78, 5) is 16.9. The van der Waals surface area contributed by atoms with Gasteiger partial charge in [0.15, 0.2) is 0 Å². The van der Waals surface area contributed by atoms with E-state index in [-0.39, 0.29) is 17.8 Å². The van der Waals surface area contributed by atoms with E-state index in [1.54, 1.807) is 13.2 Å². The molecule has 1 atom stereocenters. The normalized spacial score (nSPS) is 21.1. The summed E-state index contributed by atoms with van der Waals surface area (Å²) in [7, 11) is 1.63. The molecule has 6 heteroatoms. The molecule has 0 radical (unpaired) electrons. The Kier molecular flexibility index (Phi) is 8.25. The Balaban J connectivity index is 1.49. The molecule has 0 aromatic heterocycles. The molecule has 2 saturated heterocycles. The number of likely N-dealkylation sites (tertiary alicyclic amines) is 1. The molecule has 0 saturated carbocycles. The molecule has 0 aliphatic carbocycles. The van der Waals surface area contributed by atoms with Gasteiger partial charge in [0.1, 0.15) is 5.82 Å². The van der Waals surface area contributed by atoms with E-state index in [1.165, 1.54) is 6.07 Å². The Labute approximate surface area is 167 Å². The van der Waals surface area contributed by atoms with E-state index in [0.717, 1.165) is 57.5 Å². The number of methoxy groups -OCH3 is 1. The summed E-state index contributed by atoms with van der Waals surface area (Å²) in [5.41, 5.74) is 0.760. The van der Waals surface area contributed by atoms with Crippen LogP contribution in [-0.4, -0.2) is 68.3 Å². The molecular weight excluding hydrogens is 359 g/mol. The van der Waals surface area contributed by atoms with Crippen molar-refractivity contribution in [2.24, 2.45) is 5.92 Å². The lowest BCUT2D eigenvalue weighted by Crippen LogP contribution is -2.43. The Hall–Kier alpha value is -1.50. The molecule has 156 valence electrons. The van der Waals surface area contributed by atoms with Gasteiger partial charge in [-0.05, 0) is 50.8 Å². The van der Waals surface area contributed by atoms with Gasteiger partial charge in [-0.25, -0.2) is 4.39 Å². The van der Waals surface area contributed by atoms with Crippen LogP contribution in [0.5, 0.6) is 0 Å². The smallest absolute Gasteiger partial charge is 0.224 e. The van der Waals surface area contributed by atoms with Crippen molar-refractivity contribution in [3.63, 3.8) is 0 Å². The van der Waals surface area contributed by atoms with Crippen LogP contribution in [0.15, 0.2) is 24.3 Å². The maximum atomic E-state index is 13.9. The number of halogens is 1. The highest BCUT2D eigenvalue weighted by atomic mass is 19.1. The van der Waals surface area contributed by atoms with Gasteiger partial charge >= 0.3 is 0 Å². The van der Waals surface area contributed by atoms with Crippen molar-refractivity contribution < 1.29 is 18.7 Å². The lowest BCUT2D eigenvalue weighted by atomic mass is 9.95. The summed E-state index contributed by atoms with van der Waals surface area (Å²) in [6, 6.07) is 7.00. The Morgan fingerprint density at radius 3 is 2.71 bits per heavy atom. The van der Waals surface area contributed by atoms with Crippen LogP contribution < -0.4 is 0 Å². The van der Waals surface area contributed by atoms with Gasteiger partial charge in [0.25, 0.3) is 0 Å². The number of piperidine rings is 1. The monoisotopic (exact) mass is 392 g/mol.